The molecule has 1 atom stereocenters. The topological polar surface area (TPSA) is 91.8 Å². The van der Waals surface area contributed by atoms with Gasteiger partial charge in [-0.3, -0.25) is 14.4 Å². The fraction of sp³-hybridized carbons (Fsp3) is 0.417. The quantitative estimate of drug-likeness (QED) is 0.554. The number of rotatable bonds is 8. The average molecular weight is 501 g/mol. The molecule has 1 aliphatic heterocycles. The van der Waals surface area contributed by atoms with Crippen molar-refractivity contribution in [3.05, 3.63) is 42.1 Å². The van der Waals surface area contributed by atoms with E-state index in [1.165, 1.54) is 29.2 Å². The Balaban J connectivity index is 1.50. The van der Waals surface area contributed by atoms with Crippen LogP contribution in [-0.4, -0.2) is 65.8 Å². The molecule has 1 aliphatic carbocycles. The maximum Gasteiger partial charge on any atom is 0.257 e. The van der Waals surface area contributed by atoms with Crippen molar-refractivity contribution < 1.29 is 19.1 Å². The van der Waals surface area contributed by atoms with Gasteiger partial charge in [-0.25, -0.2) is 4.98 Å². The van der Waals surface area contributed by atoms with Crippen LogP contribution in [0.4, 0.5) is 5.13 Å². The number of aryl methyl sites for hydroxylation is 1. The second-order valence-corrected chi connectivity index (χ2v) is 10.9. The van der Waals surface area contributed by atoms with E-state index in [1.807, 2.05) is 19.1 Å². The van der Waals surface area contributed by atoms with Crippen LogP contribution in [0.3, 0.4) is 0 Å². The first-order valence-electron chi connectivity index (χ1n) is 11.1. The molecule has 0 radical (unpaired) electrons. The molecule has 34 heavy (non-hydrogen) atoms. The lowest BCUT2D eigenvalue weighted by Gasteiger charge is -2.26. The summed E-state index contributed by atoms with van der Waals surface area (Å²) in [5.41, 5.74) is 1.44. The number of anilines is 1. The number of likely N-dealkylation sites (N-methyl/N-ethyl adjacent to an activating group) is 1. The Hall–Kier alpha value is -2.85. The normalized spacial score (nSPS) is 17.4. The van der Waals surface area contributed by atoms with Crippen LogP contribution < -0.4 is 10.1 Å². The van der Waals surface area contributed by atoms with Crippen molar-refractivity contribution >= 4 is 46.0 Å². The van der Waals surface area contributed by atoms with Gasteiger partial charge in [0.15, 0.2) is 5.13 Å². The molecule has 10 heteroatoms. The summed E-state index contributed by atoms with van der Waals surface area (Å²) in [4.78, 5) is 46.0. The smallest absolute Gasteiger partial charge is 0.257 e. The number of carbonyl (C=O) groups excluding carboxylic acids is 3. The Bertz CT molecular complexity index is 1130. The van der Waals surface area contributed by atoms with Gasteiger partial charge in [0.1, 0.15) is 5.75 Å². The van der Waals surface area contributed by atoms with Crippen molar-refractivity contribution in [1.82, 2.24) is 14.8 Å². The van der Waals surface area contributed by atoms with Crippen molar-refractivity contribution in [1.29, 1.82) is 0 Å². The number of methoxy groups -OCH3 is 1. The number of nitrogens with one attached hydrogen (secondary N) is 1. The fourth-order valence-electron chi connectivity index (χ4n) is 3.88. The highest BCUT2D eigenvalue weighted by Gasteiger charge is 2.32. The van der Waals surface area contributed by atoms with E-state index in [9.17, 15) is 14.4 Å². The van der Waals surface area contributed by atoms with Crippen LogP contribution in [0.15, 0.2) is 40.1 Å². The van der Waals surface area contributed by atoms with Crippen LogP contribution in [-0.2, 0) is 9.59 Å². The van der Waals surface area contributed by atoms with E-state index < -0.39 is 0 Å². The lowest BCUT2D eigenvalue weighted by atomic mass is 10.1. The zero-order valence-electron chi connectivity index (χ0n) is 19.5. The summed E-state index contributed by atoms with van der Waals surface area (Å²) >= 11 is 2.92. The minimum Gasteiger partial charge on any atom is -0.496 e. The first-order chi connectivity index (χ1) is 16.3. The van der Waals surface area contributed by atoms with Crippen molar-refractivity contribution in [2.24, 2.45) is 5.92 Å². The van der Waals surface area contributed by atoms with E-state index in [4.69, 9.17) is 4.74 Å². The second kappa shape index (κ2) is 10.2. The maximum absolute atomic E-state index is 13.4. The molecule has 8 nitrogen and oxygen atoms in total. The molecule has 4 rings (SSSR count). The van der Waals surface area contributed by atoms with E-state index in [-0.39, 0.29) is 29.7 Å². The summed E-state index contributed by atoms with van der Waals surface area (Å²) in [6.07, 6.45) is 5.64. The van der Waals surface area contributed by atoms with Gasteiger partial charge in [-0.05, 0) is 50.0 Å². The molecular weight excluding hydrogens is 472 g/mol. The number of nitrogens with zero attached hydrogens (tertiary/aromatic N) is 3. The third-order valence-electron chi connectivity index (χ3n) is 6.12. The predicted molar refractivity (Wildman–Crippen MR) is 133 cm³/mol. The summed E-state index contributed by atoms with van der Waals surface area (Å²) in [7, 11) is 3.31. The number of thiazole rings is 1. The largest absolute Gasteiger partial charge is 0.496 e. The number of carbonyl (C=O) groups is 3. The number of aromatic nitrogens is 1. The zero-order chi connectivity index (χ0) is 24.4. The molecule has 2 aromatic rings. The van der Waals surface area contributed by atoms with Gasteiger partial charge in [0.2, 0.25) is 11.8 Å². The van der Waals surface area contributed by atoms with Gasteiger partial charge >= 0.3 is 0 Å². The van der Waals surface area contributed by atoms with Crippen LogP contribution in [0.2, 0.25) is 0 Å². The number of benzene rings is 1. The molecule has 0 spiro atoms. The molecular formula is C24H28N4O4S2. The Morgan fingerprint density at radius 1 is 1.32 bits per heavy atom. The fourth-order valence-corrected chi connectivity index (χ4v) is 5.82. The Labute approximate surface area is 207 Å². The van der Waals surface area contributed by atoms with Crippen molar-refractivity contribution in [3.63, 3.8) is 0 Å². The van der Waals surface area contributed by atoms with Crippen LogP contribution >= 0.6 is 23.1 Å². The molecule has 1 saturated carbocycles. The van der Waals surface area contributed by atoms with Crippen LogP contribution in [0.25, 0.3) is 0 Å². The van der Waals surface area contributed by atoms with Gasteiger partial charge < -0.3 is 19.9 Å². The lowest BCUT2D eigenvalue weighted by molar-refractivity contribution is -0.125. The van der Waals surface area contributed by atoms with E-state index in [0.29, 0.717) is 36.0 Å². The molecule has 3 amide bonds. The SMILES string of the molecule is C=CC(=O)N1CCC(N(C)C(=O)c2cc(Sc3cnc(NC(=O)C4CC4)s3)c(C)cc2OC)C1. The monoisotopic (exact) mass is 500 g/mol. The molecule has 1 saturated heterocycles. The molecule has 0 bridgehead atoms. The van der Waals surface area contributed by atoms with Gasteiger partial charge in [-0.15, -0.1) is 0 Å². The molecule has 1 unspecified atom stereocenters. The minimum absolute atomic E-state index is 0.0303. The van der Waals surface area contributed by atoms with E-state index in [1.54, 1.807) is 30.2 Å². The minimum atomic E-state index is -0.154. The Morgan fingerprint density at radius 3 is 2.76 bits per heavy atom. The highest BCUT2D eigenvalue weighted by Crippen LogP contribution is 2.39. The number of amides is 3. The Kier molecular flexibility index (Phi) is 7.27. The summed E-state index contributed by atoms with van der Waals surface area (Å²) < 4.78 is 6.44. The molecule has 2 aliphatic rings. The third kappa shape index (κ3) is 5.28. The number of ether oxygens (including phenoxy) is 1. The highest BCUT2D eigenvalue weighted by atomic mass is 32.2. The second-order valence-electron chi connectivity index (χ2n) is 8.51. The lowest BCUT2D eigenvalue weighted by Crippen LogP contribution is -2.40. The van der Waals surface area contributed by atoms with E-state index >= 15 is 0 Å². The molecule has 2 fully saturated rings. The molecule has 2 heterocycles. The number of hydrogen-bond acceptors (Lipinski definition) is 7. The number of likely N-dealkylation sites (tertiary alicyclic amines) is 1. The summed E-state index contributed by atoms with van der Waals surface area (Å²) in [6, 6.07) is 3.64. The predicted octanol–water partition coefficient (Wildman–Crippen LogP) is 3.82. The van der Waals surface area contributed by atoms with E-state index in [0.717, 1.165) is 27.5 Å². The van der Waals surface area contributed by atoms with Gasteiger partial charge in [-0.1, -0.05) is 29.7 Å². The average Bonchev–Trinajstić information content (AvgIpc) is 3.42. The molecule has 1 N–H and O–H groups in total. The molecule has 180 valence electrons. The van der Waals surface area contributed by atoms with Crippen LogP contribution in [0.5, 0.6) is 5.75 Å². The Morgan fingerprint density at radius 2 is 2.09 bits per heavy atom. The standard InChI is InChI=1S/C24H28N4O4S2/c1-5-20(29)28-9-8-16(13-28)27(3)23(31)17-11-19(14(2)10-18(17)32-4)33-21-12-25-24(34-21)26-22(30)15-6-7-15/h5,10-12,15-16H,1,6-9,13H2,2-4H3,(H,25,26,30). The van der Waals surface area contributed by atoms with Gasteiger partial charge in [-0.2, -0.15) is 0 Å². The zero-order valence-corrected chi connectivity index (χ0v) is 21.1. The first kappa shape index (κ1) is 24.3. The third-order valence-corrected chi connectivity index (χ3v) is 8.29. The van der Waals surface area contributed by atoms with Crippen LogP contribution in [0.1, 0.15) is 35.2 Å². The van der Waals surface area contributed by atoms with Crippen molar-refractivity contribution in [2.75, 3.05) is 32.6 Å². The summed E-state index contributed by atoms with van der Waals surface area (Å²) in [5.74, 6) is 0.391. The number of hydrogen-bond donors (Lipinski definition) is 1. The van der Waals surface area contributed by atoms with E-state index in [2.05, 4.69) is 16.9 Å². The summed E-state index contributed by atoms with van der Waals surface area (Å²) in [6.45, 7) is 6.60. The summed E-state index contributed by atoms with van der Waals surface area (Å²) in [5, 5.41) is 3.46. The van der Waals surface area contributed by atoms with Crippen LogP contribution in [0, 0.1) is 12.8 Å². The maximum atomic E-state index is 13.4. The van der Waals surface area contributed by atoms with Crippen molar-refractivity contribution in [3.8, 4) is 5.75 Å². The molecule has 1 aromatic heterocycles. The molecule has 1 aromatic carbocycles. The highest BCUT2D eigenvalue weighted by molar-refractivity contribution is 8.01. The van der Waals surface area contributed by atoms with Crippen molar-refractivity contribution in [2.45, 2.75) is 41.3 Å². The van der Waals surface area contributed by atoms with Gasteiger partial charge in [0.05, 0.1) is 29.1 Å². The van der Waals surface area contributed by atoms with Gasteiger partial charge in [0.25, 0.3) is 5.91 Å². The van der Waals surface area contributed by atoms with Gasteiger partial charge in [0, 0.05) is 31.0 Å². The first-order valence-corrected chi connectivity index (χ1v) is 12.8.